The first-order valence-corrected chi connectivity index (χ1v) is 35.5. The van der Waals surface area contributed by atoms with Gasteiger partial charge in [-0.3, -0.25) is 4.79 Å². The number of hydrogen-bond acceptors (Lipinski definition) is 8. The number of allylic oxidation sites excluding steroid dienone is 9. The molecule has 7 atom stereocenters. The molecule has 1 fully saturated rings. The van der Waals surface area contributed by atoms with Crippen LogP contribution >= 0.6 is 0 Å². The number of carbonyl (C=O) groups excluding carboxylic acids is 1. The molecule has 1 rings (SSSR count). The van der Waals surface area contributed by atoms with Gasteiger partial charge >= 0.3 is 0 Å². The zero-order valence-corrected chi connectivity index (χ0v) is 53.8. The summed E-state index contributed by atoms with van der Waals surface area (Å²) < 4.78 is 11.3. The van der Waals surface area contributed by atoms with E-state index in [-0.39, 0.29) is 12.5 Å². The third-order valence-corrected chi connectivity index (χ3v) is 16.8. The Balaban J connectivity index is 2.16. The van der Waals surface area contributed by atoms with Gasteiger partial charge in [0.2, 0.25) is 5.91 Å². The van der Waals surface area contributed by atoms with Crippen LogP contribution in [-0.2, 0) is 14.3 Å². The summed E-state index contributed by atoms with van der Waals surface area (Å²) in [5.74, 6) is -0.187. The molecule has 0 aromatic rings. The molecule has 1 saturated heterocycles. The van der Waals surface area contributed by atoms with Crippen LogP contribution in [0.3, 0.4) is 0 Å². The molecule has 82 heavy (non-hydrogen) atoms. The van der Waals surface area contributed by atoms with Crippen LogP contribution in [0.5, 0.6) is 0 Å². The Kier molecular flexibility index (Phi) is 58.9. The van der Waals surface area contributed by atoms with Crippen molar-refractivity contribution in [3.05, 3.63) is 60.8 Å². The summed E-state index contributed by atoms with van der Waals surface area (Å²) in [6.07, 6.45) is 79.1. The Bertz CT molecular complexity index is 1480. The quantitative estimate of drug-likeness (QED) is 0.0261. The molecule has 0 aliphatic carbocycles. The molecule has 0 spiro atoms. The smallest absolute Gasteiger partial charge is 0.220 e. The number of aliphatic hydroxyl groups is 5. The van der Waals surface area contributed by atoms with E-state index in [1.165, 1.54) is 270 Å². The van der Waals surface area contributed by atoms with Gasteiger partial charge in [0, 0.05) is 6.42 Å². The van der Waals surface area contributed by atoms with Crippen molar-refractivity contribution in [2.24, 2.45) is 0 Å². The predicted molar refractivity (Wildman–Crippen MR) is 350 cm³/mol. The molecule has 9 heteroatoms. The highest BCUT2D eigenvalue weighted by Crippen LogP contribution is 2.23. The van der Waals surface area contributed by atoms with Crippen LogP contribution in [0.1, 0.15) is 341 Å². The number of unbranched alkanes of at least 4 members (excludes halogenated alkanes) is 44. The molecule has 0 saturated carbocycles. The van der Waals surface area contributed by atoms with Crippen molar-refractivity contribution in [2.45, 2.75) is 384 Å². The molecule has 1 aliphatic heterocycles. The van der Waals surface area contributed by atoms with Crippen molar-refractivity contribution >= 4 is 5.91 Å². The van der Waals surface area contributed by atoms with E-state index in [1.54, 1.807) is 6.08 Å². The monoisotopic (exact) mass is 1150 g/mol. The van der Waals surface area contributed by atoms with Gasteiger partial charge in [-0.05, 0) is 77.0 Å². The van der Waals surface area contributed by atoms with Crippen LogP contribution in [0.4, 0.5) is 0 Å². The fraction of sp³-hybridized carbons (Fsp3) is 0.849. The Hall–Kier alpha value is -2.11. The molecule has 1 heterocycles. The van der Waals surface area contributed by atoms with E-state index in [9.17, 15) is 30.3 Å². The minimum atomic E-state index is -1.58. The van der Waals surface area contributed by atoms with Gasteiger partial charge in [0.25, 0.3) is 0 Å². The Labute approximate surface area is 506 Å². The number of amides is 1. The van der Waals surface area contributed by atoms with Gasteiger partial charge in [-0.1, -0.05) is 319 Å². The number of aliphatic hydroxyl groups excluding tert-OH is 5. The van der Waals surface area contributed by atoms with E-state index in [4.69, 9.17) is 9.47 Å². The molecular formula is C73H135NO8. The summed E-state index contributed by atoms with van der Waals surface area (Å²) in [5.41, 5.74) is 0. The standard InChI is InChI=1S/C73H135NO8/c1-3-5-7-9-11-13-15-17-19-21-23-25-27-29-31-33-35-36-38-40-42-44-46-48-50-52-54-56-58-60-62-67(76)66(65-81-73-72(80)71(79)70(78)68(64-75)82-73)74-69(77)63-61-59-57-55-53-51-49-47-45-43-41-39-37-34-32-30-28-26-24-22-20-18-16-14-12-10-8-6-4-2/h16,18,22,24,44,46,52,54,60,62,66-68,70-73,75-76,78-80H,3-15,17,19-21,23,25-43,45,47-51,53,55-59,61,63-65H2,1-2H3,(H,74,77)/b18-16-,24-22-,46-44+,54-52+,62-60+. The lowest BCUT2D eigenvalue weighted by Crippen LogP contribution is -2.60. The molecule has 0 aromatic carbocycles. The normalized spacial score (nSPS) is 18.6. The van der Waals surface area contributed by atoms with Crippen LogP contribution < -0.4 is 5.32 Å². The van der Waals surface area contributed by atoms with Gasteiger partial charge in [0.15, 0.2) is 6.29 Å². The summed E-state index contributed by atoms with van der Waals surface area (Å²) in [6, 6.07) is -0.831. The maximum Gasteiger partial charge on any atom is 0.220 e. The van der Waals surface area contributed by atoms with Gasteiger partial charge < -0.3 is 40.3 Å². The van der Waals surface area contributed by atoms with Crippen molar-refractivity contribution in [3.63, 3.8) is 0 Å². The van der Waals surface area contributed by atoms with E-state index in [1.807, 2.05) is 6.08 Å². The van der Waals surface area contributed by atoms with Crippen LogP contribution in [0.2, 0.25) is 0 Å². The Morgan fingerprint density at radius 2 is 0.732 bits per heavy atom. The second kappa shape index (κ2) is 62.0. The first-order chi connectivity index (χ1) is 40.3. The van der Waals surface area contributed by atoms with E-state index in [0.29, 0.717) is 6.42 Å². The maximum absolute atomic E-state index is 13.1. The molecular weight excluding hydrogens is 1020 g/mol. The molecule has 0 radical (unpaired) electrons. The average molecular weight is 1150 g/mol. The fourth-order valence-electron chi connectivity index (χ4n) is 11.2. The topological polar surface area (TPSA) is 149 Å². The summed E-state index contributed by atoms with van der Waals surface area (Å²) >= 11 is 0. The molecule has 0 aromatic heterocycles. The lowest BCUT2D eigenvalue weighted by atomic mass is 9.99. The van der Waals surface area contributed by atoms with E-state index in [2.05, 4.69) is 67.8 Å². The molecule has 1 aliphatic rings. The second-order valence-corrected chi connectivity index (χ2v) is 24.7. The molecule has 480 valence electrons. The van der Waals surface area contributed by atoms with Gasteiger partial charge in [-0.25, -0.2) is 0 Å². The summed E-state index contributed by atoms with van der Waals surface area (Å²) in [4.78, 5) is 13.1. The Morgan fingerprint density at radius 1 is 0.415 bits per heavy atom. The zero-order chi connectivity index (χ0) is 59.3. The van der Waals surface area contributed by atoms with Crippen LogP contribution in [-0.4, -0.2) is 87.5 Å². The Morgan fingerprint density at radius 3 is 1.10 bits per heavy atom. The summed E-state index contributed by atoms with van der Waals surface area (Å²) in [7, 11) is 0. The third kappa shape index (κ3) is 50.1. The highest BCUT2D eigenvalue weighted by Gasteiger charge is 2.44. The number of nitrogens with one attached hydrogen (secondary N) is 1. The largest absolute Gasteiger partial charge is 0.394 e. The number of rotatable bonds is 62. The average Bonchev–Trinajstić information content (AvgIpc) is 3.57. The first kappa shape index (κ1) is 77.9. The number of hydrogen-bond donors (Lipinski definition) is 6. The van der Waals surface area contributed by atoms with Crippen LogP contribution in [0.25, 0.3) is 0 Å². The van der Waals surface area contributed by atoms with Crippen molar-refractivity contribution in [2.75, 3.05) is 13.2 Å². The van der Waals surface area contributed by atoms with Gasteiger partial charge in [-0.2, -0.15) is 0 Å². The highest BCUT2D eigenvalue weighted by atomic mass is 16.7. The summed E-state index contributed by atoms with van der Waals surface area (Å²) in [5, 5.41) is 54.7. The number of carbonyl (C=O) groups is 1. The molecule has 6 N–H and O–H groups in total. The van der Waals surface area contributed by atoms with E-state index < -0.39 is 49.5 Å². The van der Waals surface area contributed by atoms with Crippen molar-refractivity contribution in [1.29, 1.82) is 0 Å². The van der Waals surface area contributed by atoms with Crippen molar-refractivity contribution < 1.29 is 39.8 Å². The fourth-order valence-corrected chi connectivity index (χ4v) is 11.2. The third-order valence-electron chi connectivity index (χ3n) is 16.8. The first-order valence-electron chi connectivity index (χ1n) is 35.5. The van der Waals surface area contributed by atoms with E-state index in [0.717, 1.165) is 51.4 Å². The van der Waals surface area contributed by atoms with Crippen molar-refractivity contribution in [1.82, 2.24) is 5.32 Å². The minimum Gasteiger partial charge on any atom is -0.394 e. The molecule has 7 unspecified atom stereocenters. The lowest BCUT2D eigenvalue weighted by molar-refractivity contribution is -0.302. The van der Waals surface area contributed by atoms with Gasteiger partial charge in [0.05, 0.1) is 25.4 Å². The number of ether oxygens (including phenoxy) is 2. The van der Waals surface area contributed by atoms with E-state index >= 15 is 0 Å². The second-order valence-electron chi connectivity index (χ2n) is 24.7. The van der Waals surface area contributed by atoms with Crippen molar-refractivity contribution in [3.8, 4) is 0 Å². The summed E-state index contributed by atoms with van der Waals surface area (Å²) in [6.45, 7) is 3.79. The molecule has 1 amide bonds. The van der Waals surface area contributed by atoms with Crippen LogP contribution in [0, 0.1) is 0 Å². The highest BCUT2D eigenvalue weighted by molar-refractivity contribution is 5.76. The van der Waals surface area contributed by atoms with Crippen LogP contribution in [0.15, 0.2) is 60.8 Å². The van der Waals surface area contributed by atoms with Gasteiger partial charge in [-0.15, -0.1) is 0 Å². The maximum atomic E-state index is 13.1. The molecule has 9 nitrogen and oxygen atoms in total. The van der Waals surface area contributed by atoms with Gasteiger partial charge in [0.1, 0.15) is 24.4 Å². The minimum absolute atomic E-state index is 0.187. The lowest BCUT2D eigenvalue weighted by Gasteiger charge is -2.40. The SMILES string of the molecule is CCCCCCC/C=C\C/C=C\CCCCCCCCCCCCCCCCCCCC(=O)NC(COC1OC(CO)C(O)C(O)C1O)C(O)/C=C/CC/C=C/CC/C=C/CCCCCCCCCCCCCCCCCCCCCC. The molecule has 0 bridgehead atoms. The zero-order valence-electron chi connectivity index (χ0n) is 53.8. The predicted octanol–water partition coefficient (Wildman–Crippen LogP) is 19.4.